The number of hydrogen-bond acceptors (Lipinski definition) is 3. The van der Waals surface area contributed by atoms with Crippen molar-refractivity contribution in [2.24, 2.45) is 0 Å². The molecule has 0 aliphatic carbocycles. The van der Waals surface area contributed by atoms with Gasteiger partial charge in [0.05, 0.1) is 13.2 Å². The van der Waals surface area contributed by atoms with Crippen LogP contribution < -0.4 is 5.32 Å². The lowest BCUT2D eigenvalue weighted by atomic mass is 10.2. The predicted molar refractivity (Wildman–Crippen MR) is 77.5 cm³/mol. The van der Waals surface area contributed by atoms with Crippen molar-refractivity contribution in [1.82, 2.24) is 4.98 Å². The van der Waals surface area contributed by atoms with E-state index in [2.05, 4.69) is 26.2 Å². The van der Waals surface area contributed by atoms with Crippen molar-refractivity contribution in [3.8, 4) is 0 Å². The van der Waals surface area contributed by atoms with E-state index in [0.29, 0.717) is 24.6 Å². The third kappa shape index (κ3) is 2.92. The molecule has 0 spiro atoms. The SMILES string of the molecule is O=C(Nc1cccc(C2OCCO2)c1)c1cc(Br)c[nH]1. The molecule has 3 rings (SSSR count). The molecule has 1 fully saturated rings. The summed E-state index contributed by atoms with van der Waals surface area (Å²) in [4.78, 5) is 14.9. The molecule has 1 saturated heterocycles. The number of carbonyl (C=O) groups excluding carboxylic acids is 1. The Labute approximate surface area is 124 Å². The van der Waals surface area contributed by atoms with E-state index in [1.807, 2.05) is 24.3 Å². The van der Waals surface area contributed by atoms with Gasteiger partial charge in [-0.3, -0.25) is 4.79 Å². The second-order valence-corrected chi connectivity index (χ2v) is 5.30. The van der Waals surface area contributed by atoms with E-state index in [0.717, 1.165) is 10.0 Å². The normalized spacial score (nSPS) is 15.4. The van der Waals surface area contributed by atoms with Crippen LogP contribution in [-0.2, 0) is 9.47 Å². The molecule has 0 unspecified atom stereocenters. The number of amides is 1. The Morgan fingerprint density at radius 3 is 2.80 bits per heavy atom. The molecule has 1 amide bonds. The topological polar surface area (TPSA) is 63.4 Å². The van der Waals surface area contributed by atoms with Crippen LogP contribution >= 0.6 is 15.9 Å². The number of hydrogen-bond donors (Lipinski definition) is 2. The van der Waals surface area contributed by atoms with Crippen LogP contribution in [-0.4, -0.2) is 24.1 Å². The highest BCUT2D eigenvalue weighted by Gasteiger charge is 2.18. The molecule has 0 radical (unpaired) electrons. The molecule has 2 N–H and O–H groups in total. The first-order chi connectivity index (χ1) is 9.72. The Hall–Kier alpha value is -1.63. The van der Waals surface area contributed by atoms with Gasteiger partial charge in [0.1, 0.15) is 5.69 Å². The smallest absolute Gasteiger partial charge is 0.272 e. The summed E-state index contributed by atoms with van der Waals surface area (Å²) >= 11 is 3.30. The number of rotatable bonds is 3. The van der Waals surface area contributed by atoms with Crippen molar-refractivity contribution < 1.29 is 14.3 Å². The zero-order valence-corrected chi connectivity index (χ0v) is 12.1. The number of aromatic amines is 1. The van der Waals surface area contributed by atoms with Crippen molar-refractivity contribution in [1.29, 1.82) is 0 Å². The van der Waals surface area contributed by atoms with Crippen molar-refractivity contribution in [2.45, 2.75) is 6.29 Å². The second kappa shape index (κ2) is 5.78. The molecule has 1 aliphatic heterocycles. The monoisotopic (exact) mass is 336 g/mol. The molecule has 0 bridgehead atoms. The van der Waals surface area contributed by atoms with E-state index in [1.165, 1.54) is 0 Å². The van der Waals surface area contributed by atoms with Gasteiger partial charge in [-0.1, -0.05) is 12.1 Å². The Kier molecular flexibility index (Phi) is 3.86. The zero-order valence-electron chi connectivity index (χ0n) is 10.6. The Morgan fingerprint density at radius 1 is 1.30 bits per heavy atom. The van der Waals surface area contributed by atoms with Gasteiger partial charge in [0.2, 0.25) is 0 Å². The fraction of sp³-hybridized carbons (Fsp3) is 0.214. The number of anilines is 1. The van der Waals surface area contributed by atoms with Crippen LogP contribution in [0.2, 0.25) is 0 Å². The molecule has 6 heteroatoms. The van der Waals surface area contributed by atoms with E-state index in [1.54, 1.807) is 12.3 Å². The van der Waals surface area contributed by atoms with E-state index in [4.69, 9.17) is 9.47 Å². The van der Waals surface area contributed by atoms with Crippen molar-refractivity contribution in [3.63, 3.8) is 0 Å². The summed E-state index contributed by atoms with van der Waals surface area (Å²) in [5, 5.41) is 2.83. The number of H-pyrrole nitrogens is 1. The first-order valence-corrected chi connectivity index (χ1v) is 7.00. The molecule has 1 aromatic heterocycles. The molecule has 2 heterocycles. The fourth-order valence-electron chi connectivity index (χ4n) is 2.01. The molecule has 1 aliphatic rings. The number of nitrogens with one attached hydrogen (secondary N) is 2. The summed E-state index contributed by atoms with van der Waals surface area (Å²) in [7, 11) is 0. The molecular weight excluding hydrogens is 324 g/mol. The van der Waals surface area contributed by atoms with Gasteiger partial charge in [-0.15, -0.1) is 0 Å². The molecule has 0 atom stereocenters. The first kappa shape index (κ1) is 13.4. The van der Waals surface area contributed by atoms with E-state index < -0.39 is 0 Å². The maximum Gasteiger partial charge on any atom is 0.272 e. The molecular formula is C14H13BrN2O3. The second-order valence-electron chi connectivity index (χ2n) is 4.38. The highest BCUT2D eigenvalue weighted by Crippen LogP contribution is 2.25. The van der Waals surface area contributed by atoms with E-state index >= 15 is 0 Å². The Balaban J connectivity index is 1.74. The average Bonchev–Trinajstić information content (AvgIpc) is 3.10. The lowest BCUT2D eigenvalue weighted by Crippen LogP contribution is -2.12. The van der Waals surface area contributed by atoms with Crippen molar-refractivity contribution in [2.75, 3.05) is 18.5 Å². The highest BCUT2D eigenvalue weighted by molar-refractivity contribution is 9.10. The van der Waals surface area contributed by atoms with E-state index in [-0.39, 0.29) is 12.2 Å². The minimum absolute atomic E-state index is 0.193. The van der Waals surface area contributed by atoms with Crippen molar-refractivity contribution >= 4 is 27.5 Å². The quantitative estimate of drug-likeness (QED) is 0.905. The van der Waals surface area contributed by atoms with Gasteiger partial charge >= 0.3 is 0 Å². The third-order valence-electron chi connectivity index (χ3n) is 2.93. The van der Waals surface area contributed by atoms with Crippen LogP contribution in [0.4, 0.5) is 5.69 Å². The molecule has 1 aromatic carbocycles. The number of benzene rings is 1. The van der Waals surface area contributed by atoms with Crippen LogP contribution in [0.1, 0.15) is 22.3 Å². The van der Waals surface area contributed by atoms with Crippen molar-refractivity contribution in [3.05, 3.63) is 52.3 Å². The van der Waals surface area contributed by atoms with Crippen LogP contribution in [0.3, 0.4) is 0 Å². The van der Waals surface area contributed by atoms with Gasteiger partial charge in [-0.2, -0.15) is 0 Å². The number of carbonyl (C=O) groups is 1. The van der Waals surface area contributed by atoms with Crippen LogP contribution in [0.25, 0.3) is 0 Å². The predicted octanol–water partition coefficient (Wildman–Crippen LogP) is 3.07. The summed E-state index contributed by atoms with van der Waals surface area (Å²) in [5.74, 6) is -0.193. The number of aromatic nitrogens is 1. The number of ether oxygens (including phenoxy) is 2. The molecule has 5 nitrogen and oxygen atoms in total. The number of halogens is 1. The van der Waals surface area contributed by atoms with Crippen LogP contribution in [0.15, 0.2) is 41.0 Å². The van der Waals surface area contributed by atoms with Gasteiger partial charge in [0.15, 0.2) is 6.29 Å². The van der Waals surface area contributed by atoms with Gasteiger partial charge in [0, 0.05) is 21.9 Å². The Morgan fingerprint density at radius 2 is 2.10 bits per heavy atom. The summed E-state index contributed by atoms with van der Waals surface area (Å²) < 4.78 is 11.7. The van der Waals surface area contributed by atoms with Gasteiger partial charge in [0.25, 0.3) is 5.91 Å². The largest absolute Gasteiger partial charge is 0.356 e. The summed E-state index contributed by atoms with van der Waals surface area (Å²) in [5.41, 5.74) is 2.10. The molecule has 104 valence electrons. The fourth-order valence-corrected chi connectivity index (χ4v) is 2.35. The Bertz CT molecular complexity index is 620. The summed E-state index contributed by atoms with van der Waals surface area (Å²) in [6, 6.07) is 9.18. The lowest BCUT2D eigenvalue weighted by Gasteiger charge is -2.11. The standard InChI is InChI=1S/C14H13BrN2O3/c15-10-7-12(16-8-10)13(18)17-11-3-1-2-9(6-11)14-19-4-5-20-14/h1-3,6-8,14,16H,4-5H2,(H,17,18). The summed E-state index contributed by atoms with van der Waals surface area (Å²) in [6.07, 6.45) is 1.37. The third-order valence-corrected chi connectivity index (χ3v) is 3.39. The lowest BCUT2D eigenvalue weighted by molar-refractivity contribution is -0.0440. The molecule has 20 heavy (non-hydrogen) atoms. The maximum atomic E-state index is 12.0. The maximum absolute atomic E-state index is 12.0. The van der Waals surface area contributed by atoms with Gasteiger partial charge < -0.3 is 19.8 Å². The van der Waals surface area contributed by atoms with Crippen LogP contribution in [0, 0.1) is 0 Å². The molecule has 2 aromatic rings. The summed E-state index contributed by atoms with van der Waals surface area (Å²) in [6.45, 7) is 1.19. The first-order valence-electron chi connectivity index (χ1n) is 6.21. The van der Waals surface area contributed by atoms with Gasteiger partial charge in [-0.05, 0) is 34.1 Å². The van der Waals surface area contributed by atoms with E-state index in [9.17, 15) is 4.79 Å². The minimum atomic E-state index is -0.341. The average molecular weight is 337 g/mol. The highest BCUT2D eigenvalue weighted by atomic mass is 79.9. The zero-order chi connectivity index (χ0) is 13.9. The molecule has 0 saturated carbocycles. The minimum Gasteiger partial charge on any atom is -0.356 e. The van der Waals surface area contributed by atoms with Gasteiger partial charge in [-0.25, -0.2) is 0 Å². The van der Waals surface area contributed by atoms with Crippen LogP contribution in [0.5, 0.6) is 0 Å².